The Balaban J connectivity index is 2.91. The molecule has 22 heavy (non-hydrogen) atoms. The number of urea groups is 1. The largest absolute Gasteiger partial charge is 0.492 e. The average Bonchev–Trinajstić information content (AvgIpc) is 2.49. The fourth-order valence-corrected chi connectivity index (χ4v) is 1.81. The number of aliphatic carboxylic acids is 1. The van der Waals surface area contributed by atoms with E-state index in [9.17, 15) is 9.59 Å². The lowest BCUT2D eigenvalue weighted by Gasteiger charge is -2.26. The van der Waals surface area contributed by atoms with Gasteiger partial charge in [-0.1, -0.05) is 12.1 Å². The van der Waals surface area contributed by atoms with Gasteiger partial charge in [0.15, 0.2) is 0 Å². The zero-order chi connectivity index (χ0) is 16.5. The van der Waals surface area contributed by atoms with Gasteiger partial charge in [-0.2, -0.15) is 5.26 Å². The van der Waals surface area contributed by atoms with Crippen LogP contribution in [0, 0.1) is 11.3 Å². The van der Waals surface area contributed by atoms with Gasteiger partial charge in [0.05, 0.1) is 24.8 Å². The average molecular weight is 305 g/mol. The van der Waals surface area contributed by atoms with Crippen molar-refractivity contribution in [2.45, 2.75) is 26.3 Å². The maximum absolute atomic E-state index is 12.3. The van der Waals surface area contributed by atoms with E-state index in [4.69, 9.17) is 15.1 Å². The van der Waals surface area contributed by atoms with Gasteiger partial charge in [0.25, 0.3) is 0 Å². The molecular formula is C15H19N3O4. The normalized spacial score (nSPS) is 11.1. The number of ether oxygens (including phenoxy) is 1. The summed E-state index contributed by atoms with van der Waals surface area (Å²) in [5.41, 5.74) is 0.453. The molecule has 0 spiro atoms. The fourth-order valence-electron chi connectivity index (χ4n) is 1.81. The van der Waals surface area contributed by atoms with Gasteiger partial charge < -0.3 is 20.1 Å². The second kappa shape index (κ2) is 8.52. The Hall–Kier alpha value is -2.75. The standard InChI is InChI=1S/C15H19N3O4/c1-3-22-13-8-5-4-7-12(13)17-15(21)18(10-6-9-16)11(2)14(19)20/h4-5,7-8,11H,3,6,10H2,1-2H3,(H,17,21)(H,19,20). The molecule has 0 saturated carbocycles. The third-order valence-corrected chi connectivity index (χ3v) is 2.98. The number of benzene rings is 1. The molecule has 1 unspecified atom stereocenters. The van der Waals surface area contributed by atoms with Crippen LogP contribution in [0.5, 0.6) is 5.75 Å². The minimum Gasteiger partial charge on any atom is -0.492 e. The molecule has 0 aliphatic carbocycles. The van der Waals surface area contributed by atoms with Crippen LogP contribution in [0.2, 0.25) is 0 Å². The Morgan fingerprint density at radius 2 is 2.14 bits per heavy atom. The summed E-state index contributed by atoms with van der Waals surface area (Å²) in [4.78, 5) is 24.5. The van der Waals surface area contributed by atoms with Crippen molar-refractivity contribution in [2.24, 2.45) is 0 Å². The highest BCUT2D eigenvalue weighted by molar-refractivity contribution is 5.93. The zero-order valence-corrected chi connectivity index (χ0v) is 12.6. The van der Waals surface area contributed by atoms with E-state index in [0.717, 1.165) is 4.90 Å². The van der Waals surface area contributed by atoms with Gasteiger partial charge in [0.2, 0.25) is 0 Å². The maximum Gasteiger partial charge on any atom is 0.326 e. The summed E-state index contributed by atoms with van der Waals surface area (Å²) in [5, 5.41) is 20.4. The molecule has 0 fully saturated rings. The molecule has 0 aliphatic rings. The maximum atomic E-state index is 12.3. The summed E-state index contributed by atoms with van der Waals surface area (Å²) in [5.74, 6) is -0.632. The van der Waals surface area contributed by atoms with Crippen molar-refractivity contribution in [2.75, 3.05) is 18.5 Å². The van der Waals surface area contributed by atoms with Gasteiger partial charge in [-0.25, -0.2) is 9.59 Å². The second-order valence-corrected chi connectivity index (χ2v) is 4.48. The van der Waals surface area contributed by atoms with Gasteiger partial charge in [-0.15, -0.1) is 0 Å². The minimum atomic E-state index is -1.13. The number of nitriles is 1. The van der Waals surface area contributed by atoms with Crippen LogP contribution in [0.15, 0.2) is 24.3 Å². The second-order valence-electron chi connectivity index (χ2n) is 4.48. The number of anilines is 1. The number of nitrogens with zero attached hydrogens (tertiary/aromatic N) is 2. The van der Waals surface area contributed by atoms with E-state index >= 15 is 0 Å². The lowest BCUT2D eigenvalue weighted by Crippen LogP contribution is -2.45. The van der Waals surface area contributed by atoms with Crippen LogP contribution in [-0.4, -0.2) is 41.2 Å². The number of carbonyl (C=O) groups excluding carboxylic acids is 1. The lowest BCUT2D eigenvalue weighted by atomic mass is 10.2. The Morgan fingerprint density at radius 1 is 1.45 bits per heavy atom. The van der Waals surface area contributed by atoms with Crippen molar-refractivity contribution in [3.63, 3.8) is 0 Å². The summed E-state index contributed by atoms with van der Waals surface area (Å²) >= 11 is 0. The van der Waals surface area contributed by atoms with Crippen LogP contribution in [0.3, 0.4) is 0 Å². The summed E-state index contributed by atoms with van der Waals surface area (Å²) < 4.78 is 5.40. The first-order valence-corrected chi connectivity index (χ1v) is 6.90. The van der Waals surface area contributed by atoms with Crippen LogP contribution in [-0.2, 0) is 4.79 Å². The number of carbonyl (C=O) groups is 2. The Bertz CT molecular complexity index is 568. The first-order chi connectivity index (χ1) is 10.5. The predicted octanol–water partition coefficient (Wildman–Crippen LogP) is 2.31. The van der Waals surface area contributed by atoms with Crippen molar-refractivity contribution < 1.29 is 19.4 Å². The number of carboxylic acids is 1. The number of nitrogens with one attached hydrogen (secondary N) is 1. The molecule has 1 aromatic rings. The molecule has 1 atom stereocenters. The molecule has 7 nitrogen and oxygen atoms in total. The quantitative estimate of drug-likeness (QED) is 0.804. The van der Waals surface area contributed by atoms with E-state index in [2.05, 4.69) is 5.32 Å². The van der Waals surface area contributed by atoms with Crippen molar-refractivity contribution in [1.82, 2.24) is 4.90 Å². The highest BCUT2D eigenvalue weighted by Crippen LogP contribution is 2.24. The van der Waals surface area contributed by atoms with E-state index in [1.54, 1.807) is 24.3 Å². The molecule has 2 amide bonds. The molecule has 118 valence electrons. The Morgan fingerprint density at radius 3 is 2.73 bits per heavy atom. The number of rotatable bonds is 7. The van der Waals surface area contributed by atoms with Crippen molar-refractivity contribution >= 4 is 17.7 Å². The van der Waals surface area contributed by atoms with Crippen LogP contribution in [0.4, 0.5) is 10.5 Å². The van der Waals surface area contributed by atoms with Crippen molar-refractivity contribution in [1.29, 1.82) is 5.26 Å². The van der Waals surface area contributed by atoms with Gasteiger partial charge >= 0.3 is 12.0 Å². The number of hydrogen-bond donors (Lipinski definition) is 2. The number of carboxylic acid groups (broad SMARTS) is 1. The minimum absolute atomic E-state index is 0.0343. The highest BCUT2D eigenvalue weighted by atomic mass is 16.5. The first-order valence-electron chi connectivity index (χ1n) is 6.90. The van der Waals surface area contributed by atoms with Gasteiger partial charge in [0, 0.05) is 6.54 Å². The molecule has 0 heterocycles. The number of para-hydroxylation sites is 2. The smallest absolute Gasteiger partial charge is 0.326 e. The predicted molar refractivity (Wildman–Crippen MR) is 80.7 cm³/mol. The Labute approximate surface area is 129 Å². The molecule has 0 saturated heterocycles. The van der Waals surface area contributed by atoms with Gasteiger partial charge in [-0.05, 0) is 26.0 Å². The lowest BCUT2D eigenvalue weighted by molar-refractivity contribution is -0.141. The summed E-state index contributed by atoms with van der Waals surface area (Å²) in [6, 6.07) is 7.16. The molecule has 2 N–H and O–H groups in total. The van der Waals surface area contributed by atoms with Gasteiger partial charge in [0.1, 0.15) is 11.8 Å². The molecule has 1 aromatic carbocycles. The van der Waals surface area contributed by atoms with E-state index < -0.39 is 18.0 Å². The van der Waals surface area contributed by atoms with E-state index in [1.807, 2.05) is 13.0 Å². The third kappa shape index (κ3) is 4.66. The Kier molecular flexibility index (Phi) is 6.70. The van der Waals surface area contributed by atoms with E-state index in [-0.39, 0.29) is 13.0 Å². The molecule has 0 aromatic heterocycles. The molecule has 7 heteroatoms. The topological polar surface area (TPSA) is 103 Å². The van der Waals surface area contributed by atoms with E-state index in [1.165, 1.54) is 6.92 Å². The molecule has 0 radical (unpaired) electrons. The fraction of sp³-hybridized carbons (Fsp3) is 0.400. The van der Waals surface area contributed by atoms with Crippen molar-refractivity contribution in [3.05, 3.63) is 24.3 Å². The molecule has 0 aliphatic heterocycles. The summed E-state index contributed by atoms with van der Waals surface area (Å²) in [6.07, 6.45) is 0.0537. The zero-order valence-electron chi connectivity index (χ0n) is 12.6. The number of amides is 2. The summed E-state index contributed by atoms with van der Waals surface area (Å²) in [6.45, 7) is 3.70. The van der Waals surface area contributed by atoms with Crippen LogP contribution < -0.4 is 10.1 Å². The van der Waals surface area contributed by atoms with Gasteiger partial charge in [-0.3, -0.25) is 0 Å². The van der Waals surface area contributed by atoms with Crippen LogP contribution in [0.1, 0.15) is 20.3 Å². The highest BCUT2D eigenvalue weighted by Gasteiger charge is 2.25. The van der Waals surface area contributed by atoms with Crippen molar-refractivity contribution in [3.8, 4) is 11.8 Å². The SMILES string of the molecule is CCOc1ccccc1NC(=O)N(CCC#N)C(C)C(=O)O. The summed E-state index contributed by atoms with van der Waals surface area (Å²) in [7, 11) is 0. The third-order valence-electron chi connectivity index (χ3n) is 2.98. The number of hydrogen-bond acceptors (Lipinski definition) is 4. The van der Waals surface area contributed by atoms with Crippen LogP contribution in [0.25, 0.3) is 0 Å². The van der Waals surface area contributed by atoms with E-state index in [0.29, 0.717) is 18.0 Å². The molecule has 0 bridgehead atoms. The molecular weight excluding hydrogens is 286 g/mol. The first kappa shape index (κ1) is 17.3. The molecule has 1 rings (SSSR count). The monoisotopic (exact) mass is 305 g/mol. The van der Waals surface area contributed by atoms with Crippen LogP contribution >= 0.6 is 0 Å².